The Morgan fingerprint density at radius 1 is 1.47 bits per heavy atom. The highest BCUT2D eigenvalue weighted by molar-refractivity contribution is 5.79. The normalized spacial score (nSPS) is 11.5. The van der Waals surface area contributed by atoms with Gasteiger partial charge in [-0.2, -0.15) is 0 Å². The minimum absolute atomic E-state index is 0.535. The molecule has 0 aromatic carbocycles. The Labute approximate surface area is 112 Å². The summed E-state index contributed by atoms with van der Waals surface area (Å²) in [4.78, 5) is 8.45. The van der Waals surface area contributed by atoms with Gasteiger partial charge in [0.15, 0.2) is 5.96 Å². The van der Waals surface area contributed by atoms with Crippen LogP contribution in [0.4, 0.5) is 0 Å². The van der Waals surface area contributed by atoms with Crippen molar-refractivity contribution in [3.05, 3.63) is 42.9 Å². The molecule has 0 amide bonds. The fraction of sp³-hybridized carbons (Fsp3) is 0.385. The maximum Gasteiger partial charge on any atom is 0.191 e. The van der Waals surface area contributed by atoms with Crippen LogP contribution in [0.5, 0.6) is 0 Å². The van der Waals surface area contributed by atoms with Crippen LogP contribution in [0.25, 0.3) is 0 Å². The molecule has 102 valence electrons. The van der Waals surface area contributed by atoms with E-state index in [4.69, 9.17) is 4.42 Å². The molecule has 0 aliphatic rings. The highest BCUT2D eigenvalue weighted by Gasteiger charge is 1.98. The van der Waals surface area contributed by atoms with Crippen molar-refractivity contribution in [2.24, 2.45) is 4.99 Å². The number of aliphatic imine (C=N–C) groups is 1. The van der Waals surface area contributed by atoms with Gasteiger partial charge in [-0.3, -0.25) is 0 Å². The third-order valence-corrected chi connectivity index (χ3v) is 2.54. The first kappa shape index (κ1) is 13.2. The van der Waals surface area contributed by atoms with Crippen molar-refractivity contribution in [2.75, 3.05) is 13.1 Å². The van der Waals surface area contributed by atoms with E-state index in [1.54, 1.807) is 18.8 Å². The number of hydrogen-bond acceptors (Lipinski definition) is 3. The van der Waals surface area contributed by atoms with Gasteiger partial charge >= 0.3 is 0 Å². The van der Waals surface area contributed by atoms with E-state index in [1.807, 2.05) is 29.8 Å². The van der Waals surface area contributed by atoms with Crippen molar-refractivity contribution in [1.82, 2.24) is 20.2 Å². The van der Waals surface area contributed by atoms with E-state index in [0.29, 0.717) is 6.54 Å². The number of hydrogen-bond donors (Lipinski definition) is 2. The maximum absolute atomic E-state index is 5.25. The molecule has 6 nitrogen and oxygen atoms in total. The standard InChI is InChI=1S/C13H19N5O/c1-2-15-13(17-10-12-4-3-9-19-12)16-6-8-18-7-5-14-11-18/h3-5,7,9,11H,2,6,8,10H2,1H3,(H2,15,16,17). The van der Waals surface area contributed by atoms with Crippen LogP contribution in [-0.4, -0.2) is 28.6 Å². The molecule has 0 aliphatic carbocycles. The molecule has 2 N–H and O–H groups in total. The van der Waals surface area contributed by atoms with E-state index in [-0.39, 0.29) is 0 Å². The number of rotatable bonds is 6. The summed E-state index contributed by atoms with van der Waals surface area (Å²) in [5.41, 5.74) is 0. The van der Waals surface area contributed by atoms with Gasteiger partial charge in [0.1, 0.15) is 12.3 Å². The molecule has 0 fully saturated rings. The lowest BCUT2D eigenvalue weighted by atomic mass is 10.4. The van der Waals surface area contributed by atoms with Crippen LogP contribution in [0.1, 0.15) is 12.7 Å². The number of furan rings is 1. The summed E-state index contributed by atoms with van der Waals surface area (Å²) in [6.07, 6.45) is 7.17. The van der Waals surface area contributed by atoms with Crippen LogP contribution in [0.2, 0.25) is 0 Å². The van der Waals surface area contributed by atoms with Crippen LogP contribution < -0.4 is 10.6 Å². The summed E-state index contributed by atoms with van der Waals surface area (Å²) in [7, 11) is 0. The molecule has 2 rings (SSSR count). The molecule has 0 radical (unpaired) electrons. The molecule has 2 heterocycles. The fourth-order valence-electron chi connectivity index (χ4n) is 1.62. The third-order valence-electron chi connectivity index (χ3n) is 2.54. The van der Waals surface area contributed by atoms with E-state index in [0.717, 1.165) is 31.4 Å². The van der Waals surface area contributed by atoms with Gasteiger partial charge < -0.3 is 19.6 Å². The van der Waals surface area contributed by atoms with Gasteiger partial charge in [-0.25, -0.2) is 9.98 Å². The topological polar surface area (TPSA) is 67.4 Å². The van der Waals surface area contributed by atoms with Crippen molar-refractivity contribution in [3.63, 3.8) is 0 Å². The van der Waals surface area contributed by atoms with E-state index >= 15 is 0 Å². The molecular weight excluding hydrogens is 242 g/mol. The summed E-state index contributed by atoms with van der Waals surface area (Å²) >= 11 is 0. The second kappa shape index (κ2) is 7.25. The average Bonchev–Trinajstić information content (AvgIpc) is 3.09. The first-order valence-electron chi connectivity index (χ1n) is 6.39. The fourth-order valence-corrected chi connectivity index (χ4v) is 1.62. The molecule has 0 aliphatic heterocycles. The first-order valence-corrected chi connectivity index (χ1v) is 6.39. The Morgan fingerprint density at radius 2 is 2.42 bits per heavy atom. The van der Waals surface area contributed by atoms with Crippen molar-refractivity contribution in [3.8, 4) is 0 Å². The molecule has 0 unspecified atom stereocenters. The average molecular weight is 261 g/mol. The lowest BCUT2D eigenvalue weighted by molar-refractivity contribution is 0.511. The first-order chi connectivity index (χ1) is 9.38. The predicted molar refractivity (Wildman–Crippen MR) is 73.8 cm³/mol. The van der Waals surface area contributed by atoms with E-state index in [2.05, 4.69) is 20.6 Å². The lowest BCUT2D eigenvalue weighted by Crippen LogP contribution is -2.38. The Bertz CT molecular complexity index is 475. The van der Waals surface area contributed by atoms with Crippen LogP contribution in [0.3, 0.4) is 0 Å². The van der Waals surface area contributed by atoms with Crippen LogP contribution >= 0.6 is 0 Å². The van der Waals surface area contributed by atoms with Crippen LogP contribution in [0, 0.1) is 0 Å². The van der Waals surface area contributed by atoms with Crippen molar-refractivity contribution in [1.29, 1.82) is 0 Å². The van der Waals surface area contributed by atoms with Crippen molar-refractivity contribution in [2.45, 2.75) is 20.0 Å². The van der Waals surface area contributed by atoms with Gasteiger partial charge in [-0.05, 0) is 19.1 Å². The summed E-state index contributed by atoms with van der Waals surface area (Å²) in [5.74, 6) is 1.64. The zero-order valence-corrected chi connectivity index (χ0v) is 11.0. The van der Waals surface area contributed by atoms with E-state index < -0.39 is 0 Å². The Hall–Kier alpha value is -2.24. The highest BCUT2D eigenvalue weighted by Crippen LogP contribution is 2.00. The molecule has 0 atom stereocenters. The second-order valence-corrected chi connectivity index (χ2v) is 4.00. The summed E-state index contributed by atoms with van der Waals surface area (Å²) in [6.45, 7) is 5.05. The van der Waals surface area contributed by atoms with Gasteiger partial charge in [-0.15, -0.1) is 0 Å². The molecule has 19 heavy (non-hydrogen) atoms. The Balaban J connectivity index is 1.79. The third kappa shape index (κ3) is 4.50. The highest BCUT2D eigenvalue weighted by atomic mass is 16.3. The SMILES string of the molecule is CCNC(=NCc1ccco1)NCCn1ccnc1. The van der Waals surface area contributed by atoms with Gasteiger partial charge in [-0.1, -0.05) is 0 Å². The monoisotopic (exact) mass is 261 g/mol. The second-order valence-electron chi connectivity index (χ2n) is 4.00. The quantitative estimate of drug-likeness (QED) is 0.606. The van der Waals surface area contributed by atoms with Crippen molar-refractivity contribution >= 4 is 5.96 Å². The van der Waals surface area contributed by atoms with Crippen LogP contribution in [0.15, 0.2) is 46.5 Å². The summed E-state index contributed by atoms with van der Waals surface area (Å²) in [5, 5.41) is 6.47. The number of nitrogens with zero attached hydrogens (tertiary/aromatic N) is 3. The molecule has 2 aromatic heterocycles. The smallest absolute Gasteiger partial charge is 0.191 e. The maximum atomic E-state index is 5.25. The lowest BCUT2D eigenvalue weighted by Gasteiger charge is -2.11. The minimum Gasteiger partial charge on any atom is -0.467 e. The predicted octanol–water partition coefficient (Wildman–Crippen LogP) is 1.23. The molecule has 0 saturated carbocycles. The zero-order chi connectivity index (χ0) is 13.3. The van der Waals surface area contributed by atoms with Gasteiger partial charge in [0, 0.05) is 32.0 Å². The molecular formula is C13H19N5O. The van der Waals surface area contributed by atoms with Gasteiger partial charge in [0.25, 0.3) is 0 Å². The zero-order valence-electron chi connectivity index (χ0n) is 11.0. The number of guanidine groups is 1. The Morgan fingerprint density at radius 3 is 3.11 bits per heavy atom. The number of imidazole rings is 1. The molecule has 6 heteroatoms. The minimum atomic E-state index is 0.535. The number of nitrogens with one attached hydrogen (secondary N) is 2. The van der Waals surface area contributed by atoms with E-state index in [1.165, 1.54) is 0 Å². The molecule has 0 bridgehead atoms. The summed E-state index contributed by atoms with van der Waals surface area (Å²) in [6, 6.07) is 3.78. The Kier molecular flexibility index (Phi) is 5.04. The number of aromatic nitrogens is 2. The van der Waals surface area contributed by atoms with Gasteiger partial charge in [0.05, 0.1) is 12.6 Å². The van der Waals surface area contributed by atoms with Crippen molar-refractivity contribution < 1.29 is 4.42 Å². The molecule has 2 aromatic rings. The summed E-state index contributed by atoms with van der Waals surface area (Å²) < 4.78 is 7.27. The molecule has 0 spiro atoms. The largest absolute Gasteiger partial charge is 0.467 e. The van der Waals surface area contributed by atoms with Gasteiger partial charge in [0.2, 0.25) is 0 Å². The molecule has 0 saturated heterocycles. The van der Waals surface area contributed by atoms with E-state index in [9.17, 15) is 0 Å². The van der Waals surface area contributed by atoms with Crippen LogP contribution in [-0.2, 0) is 13.1 Å².